The highest BCUT2D eigenvalue weighted by Crippen LogP contribution is 2.44. The Morgan fingerprint density at radius 2 is 2.00 bits per heavy atom. The van der Waals surface area contributed by atoms with E-state index in [9.17, 15) is 28.0 Å². The first-order valence-electron chi connectivity index (χ1n) is 10.3. The Morgan fingerprint density at radius 1 is 1.27 bits per heavy atom. The van der Waals surface area contributed by atoms with Crippen LogP contribution in [0, 0.1) is 0 Å². The van der Waals surface area contributed by atoms with Gasteiger partial charge in [0, 0.05) is 16.1 Å². The monoisotopic (exact) mass is 672 g/mol. The second-order valence-corrected chi connectivity index (χ2v) is 10.9. The lowest BCUT2D eigenvalue weighted by Crippen LogP contribution is -2.42. The summed E-state index contributed by atoms with van der Waals surface area (Å²) in [5.41, 5.74) is -0.733. The lowest BCUT2D eigenvalue weighted by molar-refractivity contribution is -0.144. The Labute approximate surface area is 222 Å². The van der Waals surface area contributed by atoms with Crippen LogP contribution in [-0.4, -0.2) is 55.2 Å². The van der Waals surface area contributed by atoms with E-state index in [4.69, 9.17) is 23.7 Å². The lowest BCUT2D eigenvalue weighted by Gasteiger charge is -2.21. The minimum Gasteiger partial charge on any atom is -0.457 e. The summed E-state index contributed by atoms with van der Waals surface area (Å²) in [6.45, 7) is -1.25. The molecular weight excluding hydrogens is 657 g/mol. The first-order valence-corrected chi connectivity index (χ1v) is 13.4. The van der Waals surface area contributed by atoms with Crippen molar-refractivity contribution in [1.82, 2.24) is 9.55 Å². The molecule has 0 radical (unpaired) electrons. The summed E-state index contributed by atoms with van der Waals surface area (Å²) in [5, 5.41) is 10.6. The van der Waals surface area contributed by atoms with Crippen molar-refractivity contribution in [3.8, 4) is 0 Å². The molecular formula is C20H17Br2F2N2O10P. The van der Waals surface area contributed by atoms with E-state index in [-0.39, 0.29) is 12.3 Å². The minimum atomic E-state index is -5.02. The number of hydrogen-bond donors (Lipinski definition) is 3. The summed E-state index contributed by atoms with van der Waals surface area (Å²) in [5.74, 6) is -4.42. The molecule has 4 rings (SSSR count). The van der Waals surface area contributed by atoms with Gasteiger partial charge in [0.1, 0.15) is 24.1 Å². The molecule has 200 valence electrons. The van der Waals surface area contributed by atoms with Crippen LogP contribution in [0.25, 0.3) is 11.0 Å². The molecule has 1 fully saturated rings. The van der Waals surface area contributed by atoms with Crippen LogP contribution < -0.4 is 5.69 Å². The lowest BCUT2D eigenvalue weighted by atomic mass is 10.1. The van der Waals surface area contributed by atoms with Crippen molar-refractivity contribution in [1.29, 1.82) is 0 Å². The van der Waals surface area contributed by atoms with Gasteiger partial charge in [0.05, 0.1) is 23.2 Å². The van der Waals surface area contributed by atoms with Crippen molar-refractivity contribution in [2.24, 2.45) is 0 Å². The van der Waals surface area contributed by atoms with Crippen molar-refractivity contribution >= 4 is 56.6 Å². The van der Waals surface area contributed by atoms with Gasteiger partial charge in [-0.1, -0.05) is 15.9 Å². The van der Waals surface area contributed by atoms with Crippen molar-refractivity contribution < 1.29 is 51.4 Å². The third-order valence-electron chi connectivity index (χ3n) is 5.21. The summed E-state index contributed by atoms with van der Waals surface area (Å²) < 4.78 is 61.7. The number of esters is 1. The van der Waals surface area contributed by atoms with E-state index in [1.165, 1.54) is 0 Å². The van der Waals surface area contributed by atoms with Crippen LogP contribution in [0.2, 0.25) is 0 Å². The van der Waals surface area contributed by atoms with Crippen LogP contribution in [0.1, 0.15) is 17.7 Å². The molecule has 37 heavy (non-hydrogen) atoms. The average Bonchev–Trinajstić information content (AvgIpc) is 3.29. The number of phosphoric ester groups is 1. The summed E-state index contributed by atoms with van der Waals surface area (Å²) in [7, 11) is -5.02. The number of phosphoric acid groups is 1. The number of fused-ring (bicyclic) bond motifs is 1. The van der Waals surface area contributed by atoms with Crippen LogP contribution in [0.4, 0.5) is 8.78 Å². The predicted molar refractivity (Wildman–Crippen MR) is 126 cm³/mol. The van der Waals surface area contributed by atoms with Crippen LogP contribution in [0.3, 0.4) is 0 Å². The van der Waals surface area contributed by atoms with E-state index in [1.807, 2.05) is 6.07 Å². The Kier molecular flexibility index (Phi) is 8.03. The first-order chi connectivity index (χ1) is 17.2. The number of furan rings is 1. The number of aromatic nitrogens is 2. The normalized spacial score (nSPS) is 21.4. The quantitative estimate of drug-likeness (QED) is 0.237. The number of benzene rings is 1. The second-order valence-electron chi connectivity index (χ2n) is 7.90. The number of halogens is 4. The van der Waals surface area contributed by atoms with Gasteiger partial charge in [-0.25, -0.2) is 9.36 Å². The zero-order chi connectivity index (χ0) is 27.1. The predicted octanol–water partition coefficient (Wildman–Crippen LogP) is 2.80. The highest BCUT2D eigenvalue weighted by atomic mass is 79.9. The molecule has 0 saturated carbocycles. The van der Waals surface area contributed by atoms with Gasteiger partial charge < -0.3 is 28.8 Å². The Hall–Kier alpha value is -2.04. The largest absolute Gasteiger partial charge is 0.469 e. The van der Waals surface area contributed by atoms with Crippen LogP contribution in [-0.2, 0) is 36.4 Å². The third kappa shape index (κ3) is 6.34. The Balaban J connectivity index is 1.40. The molecule has 1 aliphatic heterocycles. The van der Waals surface area contributed by atoms with Crippen LogP contribution in [0.15, 0.2) is 48.6 Å². The zero-order valence-electron chi connectivity index (χ0n) is 18.3. The van der Waals surface area contributed by atoms with Gasteiger partial charge in [0.15, 0.2) is 6.10 Å². The van der Waals surface area contributed by atoms with Crippen molar-refractivity contribution in [3.05, 3.63) is 61.3 Å². The summed E-state index contributed by atoms with van der Waals surface area (Å²) >= 11 is 6.74. The molecule has 17 heteroatoms. The maximum atomic E-state index is 14.5. The van der Waals surface area contributed by atoms with E-state index >= 15 is 0 Å². The number of carbonyl (C=O) groups is 1. The fraction of sp³-hybridized carbons (Fsp3) is 0.350. The molecule has 0 amide bonds. The molecule has 0 bridgehead atoms. The number of hydrogen-bond acceptors (Lipinski definition) is 9. The average molecular weight is 674 g/mol. The van der Waals surface area contributed by atoms with Gasteiger partial charge >= 0.3 is 25.4 Å². The fourth-order valence-electron chi connectivity index (χ4n) is 3.55. The molecule has 3 heterocycles. The Morgan fingerprint density at radius 3 is 2.68 bits per heavy atom. The minimum absolute atomic E-state index is 0.0780. The van der Waals surface area contributed by atoms with Crippen molar-refractivity contribution in [2.75, 3.05) is 6.61 Å². The number of rotatable bonds is 8. The van der Waals surface area contributed by atoms with Gasteiger partial charge in [0.2, 0.25) is 6.23 Å². The van der Waals surface area contributed by atoms with Crippen LogP contribution in [0.5, 0.6) is 0 Å². The van der Waals surface area contributed by atoms with Gasteiger partial charge in [0.25, 0.3) is 0 Å². The highest BCUT2D eigenvalue weighted by molar-refractivity contribution is 9.11. The van der Waals surface area contributed by atoms with Crippen molar-refractivity contribution in [2.45, 2.75) is 37.4 Å². The third-order valence-corrected chi connectivity index (χ3v) is 6.75. The van der Waals surface area contributed by atoms with Gasteiger partial charge in [-0.15, -0.1) is 0 Å². The van der Waals surface area contributed by atoms with E-state index in [1.54, 1.807) is 12.1 Å². The molecule has 3 atom stereocenters. The summed E-state index contributed by atoms with van der Waals surface area (Å²) in [6.07, 6.45) is -6.25. The van der Waals surface area contributed by atoms with Gasteiger partial charge in [-0.3, -0.25) is 13.9 Å². The zero-order valence-corrected chi connectivity index (χ0v) is 22.4. The molecule has 1 aliphatic rings. The standard InChI is InChI=1S/C20H17Br2F2N2O10P/c21-10-3-9-4-12(35-16(9)13(22)5-10)7-33-15(27)6-11-1-2-26(19(29)25-11)18-20(23,24)17(28)14(36-18)8-34-37(30,31)32/h1-5,14,17-18,28H,6-8H2,(H2,30,31,32)/t14-,17-,18-/m1/s1. The molecule has 1 aromatic carbocycles. The second kappa shape index (κ2) is 10.6. The SMILES string of the molecule is O=C(Cc1ccn([C@@H]2O[C@H](COP(=O)(O)O)[C@@H](O)C2(F)F)c(=O)n1)OCc1cc2cc(Br)cc(Br)c2o1. The summed E-state index contributed by atoms with van der Waals surface area (Å²) in [4.78, 5) is 45.7. The molecule has 0 spiro atoms. The topological polar surface area (TPSA) is 171 Å². The Bertz CT molecular complexity index is 1440. The van der Waals surface area contributed by atoms with E-state index in [0.717, 1.165) is 22.1 Å². The first kappa shape index (κ1) is 28.0. The highest BCUT2D eigenvalue weighted by Gasteiger charge is 2.60. The fourth-order valence-corrected chi connectivity index (χ4v) is 5.23. The van der Waals surface area contributed by atoms with Gasteiger partial charge in [-0.05, 0) is 40.2 Å². The van der Waals surface area contributed by atoms with E-state index in [0.29, 0.717) is 20.4 Å². The number of aliphatic hydroxyl groups excluding tert-OH is 1. The van der Waals surface area contributed by atoms with Crippen molar-refractivity contribution in [3.63, 3.8) is 0 Å². The van der Waals surface area contributed by atoms with E-state index < -0.39 is 56.9 Å². The number of ether oxygens (including phenoxy) is 2. The number of alkyl halides is 2. The molecule has 3 aromatic rings. The molecule has 3 N–H and O–H groups in total. The molecule has 12 nitrogen and oxygen atoms in total. The summed E-state index contributed by atoms with van der Waals surface area (Å²) in [6, 6.07) is 6.41. The molecule has 0 unspecified atom stereocenters. The maximum Gasteiger partial charge on any atom is 0.469 e. The maximum absolute atomic E-state index is 14.5. The number of carbonyl (C=O) groups excluding carboxylic acids is 1. The van der Waals surface area contributed by atoms with E-state index in [2.05, 4.69) is 41.4 Å². The molecule has 1 saturated heterocycles. The molecule has 2 aromatic heterocycles. The smallest absolute Gasteiger partial charge is 0.457 e. The molecule has 0 aliphatic carbocycles. The van der Waals surface area contributed by atoms with Gasteiger partial charge in [-0.2, -0.15) is 13.8 Å². The number of aliphatic hydroxyl groups is 1. The van der Waals surface area contributed by atoms with Crippen LogP contribution >= 0.6 is 39.7 Å². The number of nitrogens with zero attached hydrogens (tertiary/aromatic N) is 2.